The van der Waals surface area contributed by atoms with E-state index < -0.39 is 6.17 Å². The number of carbonyl (C=O) groups excluding carboxylic acids is 1. The van der Waals surface area contributed by atoms with Crippen molar-refractivity contribution in [2.75, 3.05) is 18.6 Å². The number of benzene rings is 2. The SMILES string of the molecule is COc1cc2c3c(c1)C(c1ccccc1)=NC(N)C(=O)N3CC2. The Bertz CT molecular complexity index is 815. The topological polar surface area (TPSA) is 67.9 Å². The first-order valence-electron chi connectivity index (χ1n) is 7.60. The molecule has 0 bridgehead atoms. The van der Waals surface area contributed by atoms with Crippen LogP contribution in [0, 0.1) is 0 Å². The van der Waals surface area contributed by atoms with Crippen molar-refractivity contribution < 1.29 is 9.53 Å². The lowest BCUT2D eigenvalue weighted by Gasteiger charge is -2.19. The molecule has 2 heterocycles. The van der Waals surface area contributed by atoms with Crippen LogP contribution in [0.2, 0.25) is 0 Å². The van der Waals surface area contributed by atoms with Gasteiger partial charge in [-0.2, -0.15) is 0 Å². The Morgan fingerprint density at radius 3 is 2.78 bits per heavy atom. The maximum Gasteiger partial charge on any atom is 0.266 e. The van der Waals surface area contributed by atoms with Gasteiger partial charge in [-0.1, -0.05) is 30.3 Å². The van der Waals surface area contributed by atoms with E-state index in [-0.39, 0.29) is 5.91 Å². The molecule has 4 rings (SSSR count). The van der Waals surface area contributed by atoms with Gasteiger partial charge in [-0.15, -0.1) is 0 Å². The molecule has 0 saturated carbocycles. The van der Waals surface area contributed by atoms with Crippen molar-refractivity contribution >= 4 is 17.3 Å². The molecule has 2 aromatic rings. The number of amides is 1. The fraction of sp³-hybridized carbons (Fsp3) is 0.222. The maximum atomic E-state index is 12.6. The van der Waals surface area contributed by atoms with Crippen LogP contribution in [0.4, 0.5) is 5.69 Å². The van der Waals surface area contributed by atoms with Crippen LogP contribution in [0.5, 0.6) is 5.75 Å². The van der Waals surface area contributed by atoms with E-state index >= 15 is 0 Å². The van der Waals surface area contributed by atoms with Crippen LogP contribution in [0.15, 0.2) is 47.5 Å². The number of nitrogens with two attached hydrogens (primary N) is 1. The number of hydrogen-bond donors (Lipinski definition) is 1. The average molecular weight is 307 g/mol. The second kappa shape index (κ2) is 5.21. The second-order valence-corrected chi connectivity index (χ2v) is 5.71. The van der Waals surface area contributed by atoms with Crippen LogP contribution in [0.25, 0.3) is 0 Å². The number of aliphatic imine (C=N–C) groups is 1. The van der Waals surface area contributed by atoms with Crippen LogP contribution in [0.3, 0.4) is 0 Å². The molecule has 1 atom stereocenters. The minimum atomic E-state index is -0.880. The molecule has 2 aliphatic heterocycles. The largest absolute Gasteiger partial charge is 0.497 e. The fourth-order valence-electron chi connectivity index (χ4n) is 3.29. The van der Waals surface area contributed by atoms with Gasteiger partial charge >= 0.3 is 0 Å². The van der Waals surface area contributed by atoms with Crippen molar-refractivity contribution in [1.82, 2.24) is 0 Å². The predicted octanol–water partition coefficient (Wildman–Crippen LogP) is 1.72. The fourth-order valence-corrected chi connectivity index (χ4v) is 3.29. The molecule has 2 N–H and O–H groups in total. The predicted molar refractivity (Wildman–Crippen MR) is 89.1 cm³/mol. The van der Waals surface area contributed by atoms with Crippen molar-refractivity contribution in [3.05, 3.63) is 59.2 Å². The number of carbonyl (C=O) groups is 1. The Kier molecular flexibility index (Phi) is 3.16. The van der Waals surface area contributed by atoms with E-state index in [0.29, 0.717) is 6.54 Å². The third kappa shape index (κ3) is 2.12. The first-order chi connectivity index (χ1) is 11.2. The monoisotopic (exact) mass is 307 g/mol. The van der Waals surface area contributed by atoms with Crippen LogP contribution in [-0.2, 0) is 11.2 Å². The first kappa shape index (κ1) is 14.0. The van der Waals surface area contributed by atoms with E-state index in [0.717, 1.165) is 40.3 Å². The van der Waals surface area contributed by atoms with Gasteiger partial charge in [0.1, 0.15) is 5.75 Å². The molecule has 0 fully saturated rings. The molecule has 1 amide bonds. The Morgan fingerprint density at radius 2 is 2.04 bits per heavy atom. The van der Waals surface area contributed by atoms with Crippen LogP contribution in [0.1, 0.15) is 16.7 Å². The highest BCUT2D eigenvalue weighted by atomic mass is 16.5. The lowest BCUT2D eigenvalue weighted by Crippen LogP contribution is -2.41. The van der Waals surface area contributed by atoms with E-state index in [2.05, 4.69) is 4.99 Å². The molecule has 5 heteroatoms. The average Bonchev–Trinajstić information content (AvgIpc) is 2.98. The molecule has 0 saturated heterocycles. The Labute approximate surface area is 134 Å². The lowest BCUT2D eigenvalue weighted by molar-refractivity contribution is -0.119. The van der Waals surface area contributed by atoms with Crippen molar-refractivity contribution in [3.8, 4) is 5.75 Å². The molecule has 116 valence electrons. The molecular weight excluding hydrogens is 290 g/mol. The minimum absolute atomic E-state index is 0.152. The third-order valence-corrected chi connectivity index (χ3v) is 4.36. The van der Waals surface area contributed by atoms with Gasteiger partial charge in [-0.3, -0.25) is 9.79 Å². The van der Waals surface area contributed by atoms with Gasteiger partial charge in [0.05, 0.1) is 18.5 Å². The molecule has 0 radical (unpaired) electrons. The number of nitrogens with zero attached hydrogens (tertiary/aromatic N) is 2. The summed E-state index contributed by atoms with van der Waals surface area (Å²) in [6.07, 6.45) is -0.0744. The highest BCUT2D eigenvalue weighted by Gasteiger charge is 2.35. The first-order valence-corrected chi connectivity index (χ1v) is 7.60. The van der Waals surface area contributed by atoms with E-state index in [1.807, 2.05) is 42.5 Å². The standard InChI is InChI=1S/C18H17N3O2/c1-23-13-9-12-7-8-21-16(12)14(10-13)15(20-17(19)18(21)22)11-5-3-2-4-6-11/h2-6,9-10,17H,7-8,19H2,1H3. The van der Waals surface area contributed by atoms with Gasteiger partial charge in [0.15, 0.2) is 6.17 Å². The van der Waals surface area contributed by atoms with Crippen molar-refractivity contribution in [1.29, 1.82) is 0 Å². The Balaban J connectivity index is 2.01. The summed E-state index contributed by atoms with van der Waals surface area (Å²) < 4.78 is 5.43. The van der Waals surface area contributed by atoms with Gasteiger partial charge in [0.25, 0.3) is 5.91 Å². The second-order valence-electron chi connectivity index (χ2n) is 5.71. The molecule has 0 aromatic heterocycles. The van der Waals surface area contributed by atoms with Crippen LogP contribution < -0.4 is 15.4 Å². The van der Waals surface area contributed by atoms with Gasteiger partial charge < -0.3 is 15.4 Å². The zero-order chi connectivity index (χ0) is 16.0. The smallest absolute Gasteiger partial charge is 0.266 e. The molecule has 1 unspecified atom stereocenters. The molecule has 5 nitrogen and oxygen atoms in total. The maximum absolute atomic E-state index is 12.6. The summed E-state index contributed by atoms with van der Waals surface area (Å²) in [5.74, 6) is 0.619. The van der Waals surface area contributed by atoms with Crippen LogP contribution in [-0.4, -0.2) is 31.4 Å². The summed E-state index contributed by atoms with van der Waals surface area (Å²) in [5.41, 5.74) is 10.7. The highest BCUT2D eigenvalue weighted by Crippen LogP contribution is 2.38. The van der Waals surface area contributed by atoms with Gasteiger partial charge in [-0.25, -0.2) is 0 Å². The summed E-state index contributed by atoms with van der Waals surface area (Å²) in [4.78, 5) is 18.8. The van der Waals surface area contributed by atoms with Crippen molar-refractivity contribution in [2.24, 2.45) is 10.7 Å². The molecule has 23 heavy (non-hydrogen) atoms. The molecule has 2 aromatic carbocycles. The molecule has 0 spiro atoms. The van der Waals surface area contributed by atoms with E-state index in [1.165, 1.54) is 0 Å². The van der Waals surface area contributed by atoms with Crippen molar-refractivity contribution in [3.63, 3.8) is 0 Å². The number of methoxy groups -OCH3 is 1. The number of ether oxygens (including phenoxy) is 1. The zero-order valence-electron chi connectivity index (χ0n) is 12.8. The van der Waals surface area contributed by atoms with Gasteiger partial charge in [0.2, 0.25) is 0 Å². The quantitative estimate of drug-likeness (QED) is 0.918. The number of rotatable bonds is 2. The van der Waals surface area contributed by atoms with E-state index in [1.54, 1.807) is 12.0 Å². The van der Waals surface area contributed by atoms with Crippen LogP contribution >= 0.6 is 0 Å². The summed E-state index contributed by atoms with van der Waals surface area (Å²) in [7, 11) is 1.65. The minimum Gasteiger partial charge on any atom is -0.497 e. The molecule has 0 aliphatic carbocycles. The number of hydrogen-bond acceptors (Lipinski definition) is 4. The lowest BCUT2D eigenvalue weighted by atomic mass is 9.97. The third-order valence-electron chi connectivity index (χ3n) is 4.36. The summed E-state index contributed by atoms with van der Waals surface area (Å²) in [6.45, 7) is 0.639. The van der Waals surface area contributed by atoms with E-state index in [4.69, 9.17) is 10.5 Å². The number of anilines is 1. The normalized spacial score (nSPS) is 19.2. The summed E-state index contributed by atoms with van der Waals surface area (Å²) >= 11 is 0. The van der Waals surface area contributed by atoms with Gasteiger partial charge in [0, 0.05) is 17.7 Å². The zero-order valence-corrected chi connectivity index (χ0v) is 12.8. The van der Waals surface area contributed by atoms with E-state index in [9.17, 15) is 4.79 Å². The summed E-state index contributed by atoms with van der Waals surface area (Å²) in [6, 6.07) is 13.7. The highest BCUT2D eigenvalue weighted by molar-refractivity contribution is 6.21. The molecule has 2 aliphatic rings. The Hall–Kier alpha value is -2.66. The van der Waals surface area contributed by atoms with Gasteiger partial charge in [-0.05, 0) is 24.1 Å². The van der Waals surface area contributed by atoms with Crippen molar-refractivity contribution in [2.45, 2.75) is 12.6 Å². The Morgan fingerprint density at radius 1 is 1.26 bits per heavy atom. The summed E-state index contributed by atoms with van der Waals surface area (Å²) in [5, 5.41) is 0. The molecular formula is C18H17N3O2.